The number of carbonyl (C=O) groups excluding carboxylic acids is 2. The molecule has 1 unspecified atom stereocenters. The average molecular weight is 639 g/mol. The van der Waals surface area contributed by atoms with E-state index >= 15 is 0 Å². The maximum atomic E-state index is 14.1. The van der Waals surface area contributed by atoms with Crippen LogP contribution in [0.4, 0.5) is 5.69 Å². The van der Waals surface area contributed by atoms with Crippen LogP contribution in [0.3, 0.4) is 0 Å². The summed E-state index contributed by atoms with van der Waals surface area (Å²) in [5.74, 6) is -0.890. The van der Waals surface area contributed by atoms with E-state index < -0.39 is 28.5 Å². The number of halogens is 3. The molecule has 3 aromatic rings. The van der Waals surface area contributed by atoms with Gasteiger partial charge in [-0.3, -0.25) is 13.9 Å². The van der Waals surface area contributed by atoms with E-state index in [0.29, 0.717) is 39.2 Å². The van der Waals surface area contributed by atoms with Gasteiger partial charge in [-0.1, -0.05) is 78.5 Å². The van der Waals surface area contributed by atoms with Gasteiger partial charge >= 0.3 is 0 Å². The minimum absolute atomic E-state index is 0.0146. The quantitative estimate of drug-likeness (QED) is 0.237. The molecule has 0 aliphatic rings. The molecule has 2 amide bonds. The van der Waals surface area contributed by atoms with Crippen LogP contribution in [0, 0.1) is 13.8 Å². The minimum Gasteiger partial charge on any atom is -0.354 e. The molecule has 7 nitrogen and oxygen atoms in total. The second-order valence-electron chi connectivity index (χ2n) is 9.74. The Balaban J connectivity index is 2.11. The molecule has 0 saturated heterocycles. The Labute approximate surface area is 257 Å². The summed E-state index contributed by atoms with van der Waals surface area (Å²) in [5.41, 5.74) is 2.41. The third-order valence-corrected chi connectivity index (χ3v) is 9.35. The van der Waals surface area contributed by atoms with E-state index in [9.17, 15) is 18.0 Å². The first-order chi connectivity index (χ1) is 19.4. The lowest BCUT2D eigenvalue weighted by Crippen LogP contribution is -2.52. The van der Waals surface area contributed by atoms with Gasteiger partial charge in [-0.05, 0) is 74.2 Å². The Hall–Kier alpha value is -2.78. The predicted octanol–water partition coefficient (Wildman–Crippen LogP) is 6.79. The first-order valence-corrected chi connectivity index (χ1v) is 15.8. The van der Waals surface area contributed by atoms with Crippen LogP contribution in [0.25, 0.3) is 0 Å². The first-order valence-electron chi connectivity index (χ1n) is 13.3. The summed E-state index contributed by atoms with van der Waals surface area (Å²) < 4.78 is 29.1. The molecule has 0 aromatic heterocycles. The molecule has 0 aliphatic carbocycles. The van der Waals surface area contributed by atoms with Gasteiger partial charge in [0.05, 0.1) is 20.6 Å². The number of anilines is 1. The van der Waals surface area contributed by atoms with Crippen LogP contribution in [0.1, 0.15) is 43.4 Å². The molecule has 0 saturated carbocycles. The highest BCUT2D eigenvalue weighted by molar-refractivity contribution is 7.92. The van der Waals surface area contributed by atoms with E-state index in [-0.39, 0.29) is 23.0 Å². The van der Waals surface area contributed by atoms with Gasteiger partial charge in [0, 0.05) is 18.1 Å². The van der Waals surface area contributed by atoms with Gasteiger partial charge < -0.3 is 10.2 Å². The van der Waals surface area contributed by atoms with Crippen molar-refractivity contribution in [2.75, 3.05) is 17.4 Å². The molecule has 41 heavy (non-hydrogen) atoms. The van der Waals surface area contributed by atoms with Crippen molar-refractivity contribution in [3.8, 4) is 0 Å². The lowest BCUT2D eigenvalue weighted by atomic mass is 10.1. The molecule has 0 fully saturated rings. The van der Waals surface area contributed by atoms with Crippen molar-refractivity contribution in [2.24, 2.45) is 0 Å². The fourth-order valence-electron chi connectivity index (χ4n) is 4.32. The van der Waals surface area contributed by atoms with E-state index in [1.54, 1.807) is 56.3 Å². The summed E-state index contributed by atoms with van der Waals surface area (Å²) in [7, 11) is -4.20. The summed E-state index contributed by atoms with van der Waals surface area (Å²) in [6, 6.07) is 15.4. The number of carbonyl (C=O) groups is 2. The topological polar surface area (TPSA) is 86.8 Å². The van der Waals surface area contributed by atoms with Crippen molar-refractivity contribution in [2.45, 2.75) is 58.0 Å². The highest BCUT2D eigenvalue weighted by Gasteiger charge is 2.34. The maximum absolute atomic E-state index is 14.1. The smallest absolute Gasteiger partial charge is 0.264 e. The van der Waals surface area contributed by atoms with Gasteiger partial charge in [0.2, 0.25) is 11.8 Å². The number of sulfonamides is 1. The number of rotatable bonds is 12. The van der Waals surface area contributed by atoms with Gasteiger partial charge in [0.25, 0.3) is 10.0 Å². The van der Waals surface area contributed by atoms with Crippen molar-refractivity contribution in [1.82, 2.24) is 10.2 Å². The van der Waals surface area contributed by atoms with Crippen LogP contribution in [0.15, 0.2) is 65.6 Å². The molecule has 0 spiro atoms. The molecule has 3 aromatic carbocycles. The summed E-state index contributed by atoms with van der Waals surface area (Å²) in [4.78, 5) is 28.7. The number of benzene rings is 3. The number of aryl methyl sites for hydroxylation is 2. The Morgan fingerprint density at radius 1 is 0.902 bits per heavy atom. The molecule has 0 bridgehead atoms. The zero-order valence-corrected chi connectivity index (χ0v) is 26.5. The average Bonchev–Trinajstić information content (AvgIpc) is 2.93. The third kappa shape index (κ3) is 8.16. The molecule has 1 N–H and O–H groups in total. The molecule has 1 atom stereocenters. The Kier molecular flexibility index (Phi) is 11.5. The van der Waals surface area contributed by atoms with Crippen molar-refractivity contribution in [3.63, 3.8) is 0 Å². The summed E-state index contributed by atoms with van der Waals surface area (Å²) in [6.07, 6.45) is 1.03. The predicted molar refractivity (Wildman–Crippen MR) is 166 cm³/mol. The fraction of sp³-hybridized carbons (Fsp3) is 0.333. The molecule has 0 aliphatic heterocycles. The van der Waals surface area contributed by atoms with Gasteiger partial charge in [-0.2, -0.15) is 0 Å². The van der Waals surface area contributed by atoms with Crippen LogP contribution in [0.2, 0.25) is 15.1 Å². The second-order valence-corrected chi connectivity index (χ2v) is 12.9. The molecule has 0 radical (unpaired) electrons. The van der Waals surface area contributed by atoms with Crippen LogP contribution >= 0.6 is 34.8 Å². The number of nitrogens with one attached hydrogen (secondary N) is 1. The maximum Gasteiger partial charge on any atom is 0.264 e. The standard InChI is InChI=1S/C30H34Cl3N3O4S/c1-5-15-34-30(38)27(6-2)35(18-22-10-14-25(32)26(33)16-22)29(37)19-36(28-17-23(31)11-9-21(28)4)41(39,40)24-12-7-20(3)8-13-24/h7-14,16-17,27H,5-6,15,18-19H2,1-4H3,(H,34,38). The number of hydrogen-bond acceptors (Lipinski definition) is 4. The molecular formula is C30H34Cl3N3O4S. The first kappa shape index (κ1) is 32.7. The zero-order valence-electron chi connectivity index (χ0n) is 23.5. The molecule has 220 valence electrons. The van der Waals surface area contributed by atoms with Crippen molar-refractivity contribution >= 4 is 62.3 Å². The van der Waals surface area contributed by atoms with Crippen LogP contribution in [0.5, 0.6) is 0 Å². The van der Waals surface area contributed by atoms with E-state index in [1.807, 2.05) is 13.8 Å². The largest absolute Gasteiger partial charge is 0.354 e. The van der Waals surface area contributed by atoms with Crippen molar-refractivity contribution in [3.05, 3.63) is 92.4 Å². The monoisotopic (exact) mass is 637 g/mol. The van der Waals surface area contributed by atoms with Crippen LogP contribution < -0.4 is 9.62 Å². The van der Waals surface area contributed by atoms with E-state index in [0.717, 1.165) is 16.3 Å². The number of hydrogen-bond donors (Lipinski definition) is 1. The van der Waals surface area contributed by atoms with Gasteiger partial charge in [0.1, 0.15) is 12.6 Å². The van der Waals surface area contributed by atoms with Gasteiger partial charge in [0.15, 0.2) is 0 Å². The van der Waals surface area contributed by atoms with Crippen molar-refractivity contribution < 1.29 is 18.0 Å². The lowest BCUT2D eigenvalue weighted by molar-refractivity contribution is -0.140. The van der Waals surface area contributed by atoms with E-state index in [2.05, 4.69) is 5.32 Å². The molecule has 11 heteroatoms. The van der Waals surface area contributed by atoms with Crippen molar-refractivity contribution in [1.29, 1.82) is 0 Å². The summed E-state index contributed by atoms with van der Waals surface area (Å²) >= 11 is 18.6. The lowest BCUT2D eigenvalue weighted by Gasteiger charge is -2.33. The van der Waals surface area contributed by atoms with Crippen LogP contribution in [-0.4, -0.2) is 44.3 Å². The summed E-state index contributed by atoms with van der Waals surface area (Å²) in [5, 5.41) is 3.84. The second kappa shape index (κ2) is 14.4. The van der Waals surface area contributed by atoms with Gasteiger partial charge in [-0.25, -0.2) is 8.42 Å². The summed E-state index contributed by atoms with van der Waals surface area (Å²) in [6.45, 7) is 7.23. The highest BCUT2D eigenvalue weighted by atomic mass is 35.5. The number of nitrogens with zero attached hydrogens (tertiary/aromatic N) is 2. The van der Waals surface area contributed by atoms with E-state index in [1.165, 1.54) is 23.1 Å². The van der Waals surface area contributed by atoms with E-state index in [4.69, 9.17) is 34.8 Å². The molecular weight excluding hydrogens is 605 g/mol. The minimum atomic E-state index is -4.20. The molecule has 0 heterocycles. The Morgan fingerprint density at radius 2 is 1.59 bits per heavy atom. The molecule has 3 rings (SSSR count). The fourth-order valence-corrected chi connectivity index (χ4v) is 6.28. The number of amides is 2. The van der Waals surface area contributed by atoms with Gasteiger partial charge in [-0.15, -0.1) is 0 Å². The third-order valence-electron chi connectivity index (χ3n) is 6.60. The normalized spacial score (nSPS) is 12.1. The SMILES string of the molecule is CCCNC(=O)C(CC)N(Cc1ccc(Cl)c(Cl)c1)C(=O)CN(c1cc(Cl)ccc1C)S(=O)(=O)c1ccc(C)cc1. The Bertz CT molecular complexity index is 1500. The Morgan fingerprint density at radius 3 is 2.20 bits per heavy atom. The zero-order chi connectivity index (χ0) is 30.3. The van der Waals surface area contributed by atoms with Crippen LogP contribution in [-0.2, 0) is 26.2 Å². The highest BCUT2D eigenvalue weighted by Crippen LogP contribution is 2.30.